The summed E-state index contributed by atoms with van der Waals surface area (Å²) < 4.78 is 68.3. The summed E-state index contributed by atoms with van der Waals surface area (Å²) in [5.41, 5.74) is -1.23. The summed E-state index contributed by atoms with van der Waals surface area (Å²) in [6, 6.07) is 8.34. The van der Waals surface area contributed by atoms with E-state index >= 15 is 13.2 Å². The van der Waals surface area contributed by atoms with E-state index in [1.165, 1.54) is 24.3 Å². The zero-order valence-electron chi connectivity index (χ0n) is 23.4. The molecular formula is C32H31F4N5O2. The lowest BCUT2D eigenvalue weighted by molar-refractivity contribution is 0.107. The zero-order chi connectivity index (χ0) is 29.5. The SMILES string of the molecule is Oc1cc(-c2c(F)cc3c(N4CC5CCC(C4)N5)nc(OC[C@@]45CCCN4C[C@H](F)C5)nc3c2F)c2c(F)cccc2c1. The highest BCUT2D eigenvalue weighted by atomic mass is 19.1. The average molecular weight is 594 g/mol. The molecule has 4 aromatic rings. The minimum Gasteiger partial charge on any atom is -0.508 e. The van der Waals surface area contributed by atoms with Crippen LogP contribution in [0.2, 0.25) is 0 Å². The lowest BCUT2D eigenvalue weighted by Crippen LogP contribution is -2.51. The third kappa shape index (κ3) is 4.38. The van der Waals surface area contributed by atoms with Gasteiger partial charge in [0.25, 0.3) is 0 Å². The van der Waals surface area contributed by atoms with E-state index in [1.807, 2.05) is 4.90 Å². The number of rotatable bonds is 5. The number of nitrogens with zero attached hydrogens (tertiary/aromatic N) is 4. The van der Waals surface area contributed by atoms with Crippen LogP contribution in [-0.2, 0) is 0 Å². The number of phenols is 1. The molecule has 2 N–H and O–H groups in total. The number of anilines is 1. The van der Waals surface area contributed by atoms with Gasteiger partial charge in [-0.05, 0) is 61.9 Å². The Labute approximate surface area is 245 Å². The van der Waals surface area contributed by atoms with Crippen molar-refractivity contribution in [3.8, 4) is 22.9 Å². The van der Waals surface area contributed by atoms with Gasteiger partial charge in [-0.25, -0.2) is 17.6 Å². The highest BCUT2D eigenvalue weighted by Gasteiger charge is 2.49. The van der Waals surface area contributed by atoms with Gasteiger partial charge in [-0.3, -0.25) is 4.90 Å². The van der Waals surface area contributed by atoms with Crippen molar-refractivity contribution in [1.29, 1.82) is 0 Å². The Kier molecular flexibility index (Phi) is 6.20. The molecule has 0 aliphatic carbocycles. The number of fused-ring (bicyclic) bond motifs is 5. The van der Waals surface area contributed by atoms with Crippen molar-refractivity contribution in [3.63, 3.8) is 0 Å². The van der Waals surface area contributed by atoms with Gasteiger partial charge in [0.05, 0.1) is 11.1 Å². The molecule has 0 amide bonds. The van der Waals surface area contributed by atoms with E-state index in [9.17, 15) is 9.50 Å². The molecule has 5 heterocycles. The largest absolute Gasteiger partial charge is 0.508 e. The minimum atomic E-state index is -0.998. The molecule has 11 heteroatoms. The van der Waals surface area contributed by atoms with Crippen LogP contribution >= 0.6 is 0 Å². The maximum absolute atomic E-state index is 16.6. The van der Waals surface area contributed by atoms with Crippen LogP contribution in [0.15, 0.2) is 36.4 Å². The molecule has 4 fully saturated rings. The summed E-state index contributed by atoms with van der Waals surface area (Å²) in [5.74, 6) is -2.47. The van der Waals surface area contributed by atoms with Crippen molar-refractivity contribution in [2.75, 3.05) is 37.7 Å². The van der Waals surface area contributed by atoms with Gasteiger partial charge >= 0.3 is 6.01 Å². The van der Waals surface area contributed by atoms with Crippen molar-refractivity contribution < 1.29 is 27.4 Å². The van der Waals surface area contributed by atoms with Crippen LogP contribution in [0, 0.1) is 17.5 Å². The first kappa shape index (κ1) is 26.9. The smallest absolute Gasteiger partial charge is 0.319 e. The number of alkyl halides is 1. The fourth-order valence-electron chi connectivity index (χ4n) is 7.89. The number of piperazine rings is 1. The molecule has 0 radical (unpaired) electrons. The highest BCUT2D eigenvalue weighted by Crippen LogP contribution is 2.43. The first-order valence-electron chi connectivity index (χ1n) is 14.9. The minimum absolute atomic E-state index is 0.00989. The van der Waals surface area contributed by atoms with E-state index < -0.39 is 34.7 Å². The summed E-state index contributed by atoms with van der Waals surface area (Å²) in [7, 11) is 0. The molecule has 1 aromatic heterocycles. The quantitative estimate of drug-likeness (QED) is 0.298. The van der Waals surface area contributed by atoms with Gasteiger partial charge in [0.2, 0.25) is 0 Å². The third-order valence-electron chi connectivity index (χ3n) is 9.77. The topological polar surface area (TPSA) is 73.8 Å². The summed E-state index contributed by atoms with van der Waals surface area (Å²) in [5, 5.41) is 14.4. The monoisotopic (exact) mass is 593 g/mol. The number of hydrogen-bond donors (Lipinski definition) is 2. The average Bonchev–Trinajstić information content (AvgIpc) is 3.62. The van der Waals surface area contributed by atoms with E-state index in [0.717, 1.165) is 38.3 Å². The van der Waals surface area contributed by atoms with Gasteiger partial charge in [-0.2, -0.15) is 9.97 Å². The molecule has 43 heavy (non-hydrogen) atoms. The third-order valence-corrected chi connectivity index (χ3v) is 9.77. The predicted octanol–water partition coefficient (Wildman–Crippen LogP) is 5.47. The molecule has 7 nitrogen and oxygen atoms in total. The number of phenolic OH excluding ortho intramolecular Hbond substituents is 1. The number of ether oxygens (including phenoxy) is 1. The van der Waals surface area contributed by atoms with Crippen LogP contribution in [0.4, 0.5) is 23.4 Å². The Bertz CT molecular complexity index is 1760. The van der Waals surface area contributed by atoms with Crippen LogP contribution in [0.1, 0.15) is 32.1 Å². The number of benzene rings is 3. The molecular weight excluding hydrogens is 562 g/mol. The second-order valence-corrected chi connectivity index (χ2v) is 12.5. The van der Waals surface area contributed by atoms with E-state index in [-0.39, 0.29) is 52.3 Å². The molecule has 4 aliphatic heterocycles. The molecule has 2 bridgehead atoms. The van der Waals surface area contributed by atoms with Gasteiger partial charge in [-0.1, -0.05) is 12.1 Å². The van der Waals surface area contributed by atoms with Crippen molar-refractivity contribution in [1.82, 2.24) is 20.2 Å². The summed E-state index contributed by atoms with van der Waals surface area (Å²) >= 11 is 0. The summed E-state index contributed by atoms with van der Waals surface area (Å²) in [4.78, 5) is 13.3. The van der Waals surface area contributed by atoms with Crippen LogP contribution in [-0.4, -0.2) is 76.6 Å². The Morgan fingerprint density at radius 2 is 1.84 bits per heavy atom. The summed E-state index contributed by atoms with van der Waals surface area (Å²) in [6.45, 7) is 2.53. The van der Waals surface area contributed by atoms with Crippen molar-refractivity contribution >= 4 is 27.5 Å². The van der Waals surface area contributed by atoms with Crippen molar-refractivity contribution in [3.05, 3.63) is 53.8 Å². The summed E-state index contributed by atoms with van der Waals surface area (Å²) in [6.07, 6.45) is 3.14. The first-order chi connectivity index (χ1) is 20.8. The van der Waals surface area contributed by atoms with E-state index in [4.69, 9.17) is 9.72 Å². The van der Waals surface area contributed by atoms with E-state index in [0.29, 0.717) is 37.3 Å². The van der Waals surface area contributed by atoms with Crippen LogP contribution < -0.4 is 15.0 Å². The van der Waals surface area contributed by atoms with Crippen LogP contribution in [0.3, 0.4) is 0 Å². The highest BCUT2D eigenvalue weighted by molar-refractivity contribution is 6.01. The molecule has 8 rings (SSSR count). The Morgan fingerprint density at radius 1 is 1.02 bits per heavy atom. The first-order valence-corrected chi connectivity index (χ1v) is 14.9. The fraction of sp³-hybridized carbons (Fsp3) is 0.438. The van der Waals surface area contributed by atoms with Gasteiger partial charge in [0.1, 0.15) is 41.5 Å². The maximum atomic E-state index is 16.6. The van der Waals surface area contributed by atoms with E-state index in [1.54, 1.807) is 6.07 Å². The Morgan fingerprint density at radius 3 is 2.65 bits per heavy atom. The van der Waals surface area contributed by atoms with Crippen molar-refractivity contribution in [2.24, 2.45) is 0 Å². The number of halogens is 4. The van der Waals surface area contributed by atoms with Crippen LogP contribution in [0.5, 0.6) is 11.8 Å². The fourth-order valence-corrected chi connectivity index (χ4v) is 7.89. The molecule has 4 atom stereocenters. The molecule has 3 aromatic carbocycles. The molecule has 4 aliphatic rings. The van der Waals surface area contributed by atoms with Gasteiger partial charge in [0.15, 0.2) is 5.82 Å². The second kappa shape index (κ2) is 9.92. The van der Waals surface area contributed by atoms with Gasteiger partial charge < -0.3 is 20.1 Å². The molecule has 2 unspecified atom stereocenters. The normalized spacial score (nSPS) is 27.0. The van der Waals surface area contributed by atoms with Crippen molar-refractivity contribution in [2.45, 2.75) is 55.9 Å². The van der Waals surface area contributed by atoms with Crippen LogP contribution in [0.25, 0.3) is 32.8 Å². The lowest BCUT2D eigenvalue weighted by Gasteiger charge is -2.34. The second-order valence-electron chi connectivity index (χ2n) is 12.5. The predicted molar refractivity (Wildman–Crippen MR) is 155 cm³/mol. The molecule has 0 spiro atoms. The number of hydrogen-bond acceptors (Lipinski definition) is 7. The number of nitrogens with one attached hydrogen (secondary N) is 1. The zero-order valence-corrected chi connectivity index (χ0v) is 23.4. The van der Waals surface area contributed by atoms with E-state index in [2.05, 4.69) is 15.2 Å². The molecule has 0 saturated carbocycles. The number of aromatic nitrogens is 2. The Hall–Kier alpha value is -3.70. The van der Waals surface area contributed by atoms with Gasteiger partial charge in [0, 0.05) is 54.5 Å². The number of aromatic hydroxyl groups is 1. The molecule has 224 valence electrons. The molecule has 4 saturated heterocycles. The lowest BCUT2D eigenvalue weighted by atomic mass is 9.95. The van der Waals surface area contributed by atoms with Gasteiger partial charge in [-0.15, -0.1) is 0 Å². The Balaban J connectivity index is 1.28. The standard InChI is InChI=1S/C32H31F4N5O2/c33-18-12-32(7-2-8-41(32)13-18)16-43-31-38-29-23(30(39-31)40-14-19-5-6-20(15-40)37-19)11-25(35)27(28(29)36)22-10-21(42)9-17-3-1-4-24(34)26(17)22/h1,3-4,9-11,18-20,37,42H,2,5-8,12-16H2/t18-,19?,20?,32+/m1/s1. The maximum Gasteiger partial charge on any atom is 0.319 e.